The molecular formula is C17H13F6N3O4S. The summed E-state index contributed by atoms with van der Waals surface area (Å²) in [6.45, 7) is 0. The number of rotatable bonds is 4. The van der Waals surface area contributed by atoms with Gasteiger partial charge in [-0.15, -0.1) is 0 Å². The van der Waals surface area contributed by atoms with Gasteiger partial charge in [-0.2, -0.15) is 34.8 Å². The second-order valence-corrected chi connectivity index (χ2v) is 7.64. The molecule has 0 spiro atoms. The molecule has 2 rings (SSSR count). The normalized spacial score (nSPS) is 13.1. The van der Waals surface area contributed by atoms with Crippen molar-refractivity contribution in [1.82, 2.24) is 5.32 Å². The van der Waals surface area contributed by atoms with Crippen LogP contribution in [-0.2, 0) is 26.8 Å². The van der Waals surface area contributed by atoms with Crippen LogP contribution in [0.15, 0.2) is 47.6 Å². The van der Waals surface area contributed by atoms with Crippen LogP contribution in [0.1, 0.15) is 21.5 Å². The molecule has 3 N–H and O–H groups in total. The molecule has 0 heterocycles. The molecule has 1 amide bonds. The highest BCUT2D eigenvalue weighted by molar-refractivity contribution is 7.85. The highest BCUT2D eigenvalue weighted by Crippen LogP contribution is 2.38. The highest BCUT2D eigenvalue weighted by atomic mass is 32.2. The van der Waals surface area contributed by atoms with E-state index in [9.17, 15) is 39.6 Å². The minimum atomic E-state index is -5.03. The number of oxime groups is 1. The molecule has 0 saturated carbocycles. The summed E-state index contributed by atoms with van der Waals surface area (Å²) in [7, 11) is -4.00. The van der Waals surface area contributed by atoms with Crippen molar-refractivity contribution in [2.45, 2.75) is 12.4 Å². The zero-order valence-electron chi connectivity index (χ0n) is 15.4. The van der Waals surface area contributed by atoms with Crippen molar-refractivity contribution in [3.63, 3.8) is 0 Å². The third-order valence-corrected chi connectivity index (χ3v) is 3.90. The minimum Gasteiger partial charge on any atom is -0.367 e. The Morgan fingerprint density at radius 2 is 1.52 bits per heavy atom. The predicted molar refractivity (Wildman–Crippen MR) is 96.9 cm³/mol. The Balaban J connectivity index is 2.42. The number of carbonyl (C=O) groups is 1. The second kappa shape index (κ2) is 8.45. The van der Waals surface area contributed by atoms with Gasteiger partial charge in [0.1, 0.15) is 0 Å². The average molecular weight is 469 g/mol. The summed E-state index contributed by atoms with van der Waals surface area (Å²) in [6, 6.07) is 5.66. The molecule has 0 aromatic heterocycles. The number of carbonyl (C=O) groups excluding carboxylic acids is 1. The second-order valence-electron chi connectivity index (χ2n) is 6.08. The molecular weight excluding hydrogens is 456 g/mol. The SMILES string of the molecule is CS(=O)(=O)ON=C(N)NC(=O)c1cccc(-c2cc(C(F)(F)F)cc(C(F)(F)F)c2)c1. The van der Waals surface area contributed by atoms with Gasteiger partial charge in [0.05, 0.1) is 17.4 Å². The molecule has 0 atom stereocenters. The number of halogens is 6. The van der Waals surface area contributed by atoms with E-state index in [1.165, 1.54) is 18.2 Å². The van der Waals surface area contributed by atoms with Gasteiger partial charge < -0.3 is 5.73 Å². The summed E-state index contributed by atoms with van der Waals surface area (Å²) in [4.78, 5) is 12.2. The van der Waals surface area contributed by atoms with E-state index < -0.39 is 51.0 Å². The predicted octanol–water partition coefficient (Wildman–Crippen LogP) is 3.33. The first-order valence-electron chi connectivity index (χ1n) is 7.99. The molecule has 0 aliphatic carbocycles. The maximum atomic E-state index is 13.0. The topological polar surface area (TPSA) is 111 Å². The van der Waals surface area contributed by atoms with Crippen molar-refractivity contribution in [2.75, 3.05) is 6.26 Å². The van der Waals surface area contributed by atoms with Gasteiger partial charge in [0.15, 0.2) is 0 Å². The number of alkyl halides is 6. The van der Waals surface area contributed by atoms with E-state index in [1.54, 1.807) is 0 Å². The van der Waals surface area contributed by atoms with Gasteiger partial charge in [0.2, 0.25) is 5.96 Å². The summed E-state index contributed by atoms with van der Waals surface area (Å²) in [6.07, 6.45) is -9.40. The van der Waals surface area contributed by atoms with Crippen LogP contribution in [0.5, 0.6) is 0 Å². The van der Waals surface area contributed by atoms with E-state index in [1.807, 2.05) is 5.32 Å². The van der Waals surface area contributed by atoms with Crippen LogP contribution < -0.4 is 11.1 Å². The number of nitrogens with one attached hydrogen (secondary N) is 1. The number of nitrogens with zero attached hydrogens (tertiary/aromatic N) is 1. The van der Waals surface area contributed by atoms with Gasteiger partial charge >= 0.3 is 22.5 Å². The quantitative estimate of drug-likeness (QED) is 0.309. The van der Waals surface area contributed by atoms with Gasteiger partial charge in [-0.3, -0.25) is 14.4 Å². The fourth-order valence-electron chi connectivity index (χ4n) is 2.28. The maximum absolute atomic E-state index is 13.0. The van der Waals surface area contributed by atoms with Crippen molar-refractivity contribution in [2.24, 2.45) is 10.9 Å². The molecule has 0 fully saturated rings. The summed E-state index contributed by atoms with van der Waals surface area (Å²) in [5.74, 6) is -1.72. The van der Waals surface area contributed by atoms with E-state index >= 15 is 0 Å². The van der Waals surface area contributed by atoms with Crippen molar-refractivity contribution in [1.29, 1.82) is 0 Å². The van der Waals surface area contributed by atoms with Gasteiger partial charge in [0.25, 0.3) is 5.91 Å². The lowest BCUT2D eigenvalue weighted by molar-refractivity contribution is -0.143. The third kappa shape index (κ3) is 6.87. The molecule has 0 bridgehead atoms. The molecule has 2 aromatic rings. The number of nitrogens with two attached hydrogens (primary N) is 1. The molecule has 168 valence electrons. The Morgan fingerprint density at radius 3 is 2.00 bits per heavy atom. The Hall–Kier alpha value is -3.29. The van der Waals surface area contributed by atoms with Crippen LogP contribution in [0.25, 0.3) is 11.1 Å². The first-order chi connectivity index (χ1) is 14.1. The third-order valence-electron chi connectivity index (χ3n) is 3.56. The van der Waals surface area contributed by atoms with Crippen LogP contribution in [0.4, 0.5) is 26.3 Å². The lowest BCUT2D eigenvalue weighted by Crippen LogP contribution is -2.37. The summed E-state index contributed by atoms with van der Waals surface area (Å²) >= 11 is 0. The number of amides is 1. The summed E-state index contributed by atoms with van der Waals surface area (Å²) in [5.41, 5.74) is 1.50. The standard InChI is InChI=1S/C17H13F6N3O4S/c1-31(28,29)30-26-15(24)25-14(27)10-4-2-3-9(5-10)11-6-12(16(18,19)20)8-13(7-11)17(21,22)23/h2-8H,1H3,(H3,24,25,26,27). The molecule has 31 heavy (non-hydrogen) atoms. The van der Waals surface area contributed by atoms with Crippen LogP contribution in [0.2, 0.25) is 0 Å². The van der Waals surface area contributed by atoms with Gasteiger partial charge in [-0.05, 0) is 46.6 Å². The summed E-state index contributed by atoms with van der Waals surface area (Å²) in [5, 5.41) is 4.90. The lowest BCUT2D eigenvalue weighted by Gasteiger charge is -2.14. The molecule has 14 heteroatoms. The van der Waals surface area contributed by atoms with E-state index in [4.69, 9.17) is 5.73 Å². The van der Waals surface area contributed by atoms with E-state index in [-0.39, 0.29) is 17.2 Å². The van der Waals surface area contributed by atoms with Crippen molar-refractivity contribution < 1.29 is 43.8 Å². The number of hydrogen-bond acceptors (Lipinski definition) is 5. The van der Waals surface area contributed by atoms with Crippen LogP contribution in [0, 0.1) is 0 Å². The molecule has 0 saturated heterocycles. The Morgan fingerprint density at radius 1 is 0.968 bits per heavy atom. The molecule has 0 unspecified atom stereocenters. The zero-order valence-corrected chi connectivity index (χ0v) is 16.2. The molecule has 7 nitrogen and oxygen atoms in total. The first-order valence-corrected chi connectivity index (χ1v) is 9.81. The number of hydrogen-bond donors (Lipinski definition) is 2. The molecule has 0 aliphatic heterocycles. The Labute approximate surface area is 171 Å². The molecule has 2 aromatic carbocycles. The van der Waals surface area contributed by atoms with Crippen molar-refractivity contribution in [3.05, 3.63) is 59.2 Å². The highest BCUT2D eigenvalue weighted by Gasteiger charge is 2.37. The average Bonchev–Trinajstić information content (AvgIpc) is 2.64. The molecule has 0 aliphatic rings. The largest absolute Gasteiger partial charge is 0.416 e. The van der Waals surface area contributed by atoms with E-state index in [0.717, 1.165) is 6.07 Å². The van der Waals surface area contributed by atoms with Crippen LogP contribution >= 0.6 is 0 Å². The first kappa shape index (κ1) is 24.0. The van der Waals surface area contributed by atoms with Gasteiger partial charge in [-0.1, -0.05) is 12.1 Å². The molecule has 0 radical (unpaired) electrons. The van der Waals surface area contributed by atoms with Crippen LogP contribution in [-0.4, -0.2) is 26.5 Å². The van der Waals surface area contributed by atoms with Gasteiger partial charge in [0, 0.05) is 5.56 Å². The zero-order chi connectivity index (χ0) is 23.6. The Bertz CT molecular complexity index is 1100. The number of benzene rings is 2. The minimum absolute atomic E-state index is 0.0149. The fraction of sp³-hybridized carbons (Fsp3) is 0.176. The van der Waals surface area contributed by atoms with Crippen molar-refractivity contribution in [3.8, 4) is 11.1 Å². The van der Waals surface area contributed by atoms with Crippen LogP contribution in [0.3, 0.4) is 0 Å². The monoisotopic (exact) mass is 469 g/mol. The summed E-state index contributed by atoms with van der Waals surface area (Å²) < 4.78 is 104. The fourth-order valence-corrected chi connectivity index (χ4v) is 2.50. The van der Waals surface area contributed by atoms with Gasteiger partial charge in [-0.25, -0.2) is 0 Å². The number of guanidine groups is 1. The van der Waals surface area contributed by atoms with Crippen molar-refractivity contribution >= 4 is 22.0 Å². The smallest absolute Gasteiger partial charge is 0.367 e. The van der Waals surface area contributed by atoms with E-state index in [2.05, 4.69) is 9.44 Å². The van der Waals surface area contributed by atoms with E-state index in [0.29, 0.717) is 18.4 Å². The Kier molecular flexibility index (Phi) is 6.54. The lowest BCUT2D eigenvalue weighted by atomic mass is 9.97. The maximum Gasteiger partial charge on any atom is 0.416 e.